The Balaban J connectivity index is 0.000000774. The van der Waals surface area contributed by atoms with Crippen LogP contribution in [0.3, 0.4) is 0 Å². The van der Waals surface area contributed by atoms with Gasteiger partial charge in [-0.05, 0) is 42.0 Å². The molecule has 1 heteroatoms. The number of anilines is 2. The van der Waals surface area contributed by atoms with Crippen molar-refractivity contribution >= 4 is 22.1 Å². The van der Waals surface area contributed by atoms with Crippen LogP contribution in [0, 0.1) is 6.92 Å². The predicted octanol–water partition coefficient (Wildman–Crippen LogP) is 5.94. The maximum atomic E-state index is 2.23. The summed E-state index contributed by atoms with van der Waals surface area (Å²) in [5.74, 6) is 0. The maximum Gasteiger partial charge on any atom is 0.0414 e. The summed E-state index contributed by atoms with van der Waals surface area (Å²) < 4.78 is 0. The van der Waals surface area contributed by atoms with Gasteiger partial charge >= 0.3 is 0 Å². The standard InChI is InChI=1S/C18H17N.C2H6/c1-14-7-10-17(11-8-14)19(2)18-12-9-15-5-3-4-6-16(15)13-18;1-2/h3-13H,1-2H3;1-2H3. The second kappa shape index (κ2) is 6.94. The van der Waals surface area contributed by atoms with Gasteiger partial charge < -0.3 is 4.90 Å². The van der Waals surface area contributed by atoms with Crippen molar-refractivity contribution < 1.29 is 0 Å². The molecule has 0 saturated carbocycles. The zero-order chi connectivity index (χ0) is 15.2. The van der Waals surface area contributed by atoms with E-state index < -0.39 is 0 Å². The van der Waals surface area contributed by atoms with E-state index in [0.29, 0.717) is 0 Å². The van der Waals surface area contributed by atoms with Crippen LogP contribution in [-0.4, -0.2) is 7.05 Å². The zero-order valence-electron chi connectivity index (χ0n) is 13.3. The van der Waals surface area contributed by atoms with Crippen LogP contribution in [0.4, 0.5) is 11.4 Å². The molecule has 108 valence electrons. The third-order valence-electron chi connectivity index (χ3n) is 3.54. The Bertz CT molecular complexity index is 698. The summed E-state index contributed by atoms with van der Waals surface area (Å²) in [6.07, 6.45) is 0. The highest BCUT2D eigenvalue weighted by molar-refractivity contribution is 5.86. The number of hydrogen-bond donors (Lipinski definition) is 0. The summed E-state index contributed by atoms with van der Waals surface area (Å²) in [7, 11) is 2.11. The first-order chi connectivity index (χ1) is 10.2. The Kier molecular flexibility index (Phi) is 4.99. The molecule has 3 aromatic carbocycles. The second-order valence-corrected chi connectivity index (χ2v) is 4.93. The molecule has 0 aromatic heterocycles. The molecule has 1 nitrogen and oxygen atoms in total. The van der Waals surface area contributed by atoms with E-state index in [9.17, 15) is 0 Å². The molecule has 0 radical (unpaired) electrons. The summed E-state index contributed by atoms with van der Waals surface area (Å²) in [4.78, 5) is 2.21. The molecule has 0 fully saturated rings. The summed E-state index contributed by atoms with van der Waals surface area (Å²) in [5, 5.41) is 2.56. The largest absolute Gasteiger partial charge is 0.345 e. The summed E-state index contributed by atoms with van der Waals surface area (Å²) >= 11 is 0. The summed E-state index contributed by atoms with van der Waals surface area (Å²) in [5.41, 5.74) is 3.71. The number of fused-ring (bicyclic) bond motifs is 1. The van der Waals surface area contributed by atoms with E-state index in [1.807, 2.05) is 13.8 Å². The van der Waals surface area contributed by atoms with Gasteiger partial charge in [0.25, 0.3) is 0 Å². The van der Waals surface area contributed by atoms with Gasteiger partial charge in [0.15, 0.2) is 0 Å². The molecule has 0 aliphatic carbocycles. The molecule has 0 aliphatic heterocycles. The molecule has 21 heavy (non-hydrogen) atoms. The second-order valence-electron chi connectivity index (χ2n) is 4.93. The van der Waals surface area contributed by atoms with Crippen molar-refractivity contribution in [2.24, 2.45) is 0 Å². The van der Waals surface area contributed by atoms with E-state index in [-0.39, 0.29) is 0 Å². The molecule has 0 saturated heterocycles. The number of hydrogen-bond acceptors (Lipinski definition) is 1. The highest BCUT2D eigenvalue weighted by Crippen LogP contribution is 2.27. The monoisotopic (exact) mass is 277 g/mol. The van der Waals surface area contributed by atoms with Gasteiger partial charge in [-0.15, -0.1) is 0 Å². The van der Waals surface area contributed by atoms with Crippen molar-refractivity contribution in [3.63, 3.8) is 0 Å². The third-order valence-corrected chi connectivity index (χ3v) is 3.54. The minimum atomic E-state index is 1.21. The fourth-order valence-corrected chi connectivity index (χ4v) is 2.30. The lowest BCUT2D eigenvalue weighted by Gasteiger charge is -2.20. The van der Waals surface area contributed by atoms with E-state index in [2.05, 4.69) is 85.6 Å². The molecular formula is C20H23N. The number of benzene rings is 3. The van der Waals surface area contributed by atoms with E-state index in [1.54, 1.807) is 0 Å². The molecule has 0 unspecified atom stereocenters. The Morgan fingerprint density at radius 3 is 1.90 bits per heavy atom. The minimum absolute atomic E-state index is 1.21. The molecule has 3 aromatic rings. The summed E-state index contributed by atoms with van der Waals surface area (Å²) in [6.45, 7) is 6.11. The van der Waals surface area contributed by atoms with E-state index in [4.69, 9.17) is 0 Å². The fourth-order valence-electron chi connectivity index (χ4n) is 2.30. The molecule has 0 amide bonds. The lowest BCUT2D eigenvalue weighted by molar-refractivity contribution is 1.21. The predicted molar refractivity (Wildman–Crippen MR) is 94.5 cm³/mol. The van der Waals surface area contributed by atoms with Crippen LogP contribution >= 0.6 is 0 Å². The molecular weight excluding hydrogens is 254 g/mol. The number of rotatable bonds is 2. The Labute approximate surface area is 127 Å². The van der Waals surface area contributed by atoms with Gasteiger partial charge in [0.05, 0.1) is 0 Å². The fraction of sp³-hybridized carbons (Fsp3) is 0.200. The molecule has 0 aliphatic rings. The molecule has 0 spiro atoms. The van der Waals surface area contributed by atoms with Crippen molar-refractivity contribution in [1.29, 1.82) is 0 Å². The van der Waals surface area contributed by atoms with Crippen molar-refractivity contribution in [1.82, 2.24) is 0 Å². The quantitative estimate of drug-likeness (QED) is 0.560. The van der Waals surface area contributed by atoms with E-state index >= 15 is 0 Å². The highest BCUT2D eigenvalue weighted by atomic mass is 15.1. The normalized spacial score (nSPS) is 9.90. The average molecular weight is 277 g/mol. The molecule has 3 rings (SSSR count). The minimum Gasteiger partial charge on any atom is -0.345 e. The number of aryl methyl sites for hydroxylation is 1. The van der Waals surface area contributed by atoms with Gasteiger partial charge in [0.2, 0.25) is 0 Å². The van der Waals surface area contributed by atoms with Crippen LogP contribution in [0.1, 0.15) is 19.4 Å². The molecule has 0 atom stereocenters. The van der Waals surface area contributed by atoms with Crippen molar-refractivity contribution in [3.8, 4) is 0 Å². The smallest absolute Gasteiger partial charge is 0.0414 e. The van der Waals surface area contributed by atoms with E-state index in [1.165, 1.54) is 27.7 Å². The van der Waals surface area contributed by atoms with Crippen LogP contribution in [-0.2, 0) is 0 Å². The lowest BCUT2D eigenvalue weighted by Crippen LogP contribution is -2.08. The maximum absolute atomic E-state index is 2.23. The first kappa shape index (κ1) is 15.1. The molecule has 0 N–H and O–H groups in total. The first-order valence-electron chi connectivity index (χ1n) is 7.53. The Morgan fingerprint density at radius 1 is 0.667 bits per heavy atom. The van der Waals surface area contributed by atoms with Gasteiger partial charge in [-0.2, -0.15) is 0 Å². The van der Waals surface area contributed by atoms with Crippen LogP contribution in [0.25, 0.3) is 10.8 Å². The average Bonchev–Trinajstić information content (AvgIpc) is 2.56. The van der Waals surface area contributed by atoms with E-state index in [0.717, 1.165) is 0 Å². The van der Waals surface area contributed by atoms with Crippen LogP contribution in [0.15, 0.2) is 66.7 Å². The highest BCUT2D eigenvalue weighted by Gasteiger charge is 2.04. The van der Waals surface area contributed by atoms with Crippen LogP contribution in [0.5, 0.6) is 0 Å². The Morgan fingerprint density at radius 2 is 1.24 bits per heavy atom. The molecule has 0 bridgehead atoms. The SMILES string of the molecule is CC.Cc1ccc(N(C)c2ccc3ccccc3c2)cc1. The lowest BCUT2D eigenvalue weighted by atomic mass is 10.1. The zero-order valence-corrected chi connectivity index (χ0v) is 13.3. The van der Waals surface area contributed by atoms with Crippen molar-refractivity contribution in [2.45, 2.75) is 20.8 Å². The van der Waals surface area contributed by atoms with Gasteiger partial charge in [-0.1, -0.05) is 61.9 Å². The van der Waals surface area contributed by atoms with Crippen LogP contribution < -0.4 is 4.90 Å². The first-order valence-corrected chi connectivity index (χ1v) is 7.53. The number of nitrogens with zero attached hydrogens (tertiary/aromatic N) is 1. The van der Waals surface area contributed by atoms with Crippen molar-refractivity contribution in [3.05, 3.63) is 72.3 Å². The Hall–Kier alpha value is -2.28. The van der Waals surface area contributed by atoms with Crippen LogP contribution in [0.2, 0.25) is 0 Å². The third kappa shape index (κ3) is 3.43. The van der Waals surface area contributed by atoms with Crippen molar-refractivity contribution in [2.75, 3.05) is 11.9 Å². The molecule has 0 heterocycles. The summed E-state index contributed by atoms with van der Waals surface area (Å²) in [6, 6.07) is 23.6. The van der Waals surface area contributed by atoms with Gasteiger partial charge in [0.1, 0.15) is 0 Å². The van der Waals surface area contributed by atoms with Gasteiger partial charge in [0, 0.05) is 18.4 Å². The topological polar surface area (TPSA) is 3.24 Å². The van der Waals surface area contributed by atoms with Gasteiger partial charge in [-0.3, -0.25) is 0 Å². The van der Waals surface area contributed by atoms with Gasteiger partial charge in [-0.25, -0.2) is 0 Å².